The van der Waals surface area contributed by atoms with E-state index in [-0.39, 0.29) is 12.3 Å². The Kier molecular flexibility index (Phi) is 8.70. The van der Waals surface area contributed by atoms with Gasteiger partial charge in [-0.05, 0) is 28.8 Å². The zero-order chi connectivity index (χ0) is 22.8. The maximum absolute atomic E-state index is 12.6. The monoisotopic (exact) mass is 451 g/mol. The highest BCUT2D eigenvalue weighted by Crippen LogP contribution is 2.26. The molecule has 0 radical (unpaired) electrons. The molecule has 1 amide bonds. The molecule has 1 N–H and O–H groups in total. The van der Waals surface area contributed by atoms with Gasteiger partial charge in [-0.3, -0.25) is 4.79 Å². The van der Waals surface area contributed by atoms with Crippen LogP contribution in [0.25, 0.3) is 0 Å². The molecule has 3 aromatic rings. The molecule has 0 heterocycles. The van der Waals surface area contributed by atoms with E-state index < -0.39 is 12.0 Å². The second kappa shape index (κ2) is 11.9. The van der Waals surface area contributed by atoms with Crippen LogP contribution in [0.1, 0.15) is 16.7 Å². The quantitative estimate of drug-likeness (QED) is 0.464. The minimum absolute atomic E-state index is 0.0896. The van der Waals surface area contributed by atoms with E-state index in [1.54, 1.807) is 18.2 Å². The molecule has 166 valence electrons. The molecule has 5 nitrogen and oxygen atoms in total. The fraction of sp³-hybridized carbons (Fsp3) is 0.231. The molecule has 3 aromatic carbocycles. The van der Waals surface area contributed by atoms with Crippen molar-refractivity contribution in [1.82, 2.24) is 5.32 Å². The molecule has 0 unspecified atom stereocenters. The van der Waals surface area contributed by atoms with Crippen molar-refractivity contribution in [2.75, 3.05) is 13.7 Å². The molecule has 0 saturated carbocycles. The van der Waals surface area contributed by atoms with Crippen LogP contribution in [-0.2, 0) is 33.6 Å². The molecule has 1 atom stereocenters. The van der Waals surface area contributed by atoms with Crippen LogP contribution in [0.4, 0.5) is 0 Å². The summed E-state index contributed by atoms with van der Waals surface area (Å²) in [5, 5.41) is 3.21. The number of rotatable bonds is 10. The number of esters is 1. The normalized spacial score (nSPS) is 11.4. The first-order valence-electron chi connectivity index (χ1n) is 10.4. The topological polar surface area (TPSA) is 64.6 Å². The molecule has 0 aliphatic carbocycles. The third-order valence-electron chi connectivity index (χ3n) is 4.96. The molecule has 32 heavy (non-hydrogen) atoms. The summed E-state index contributed by atoms with van der Waals surface area (Å²) in [5.41, 5.74) is 2.85. The van der Waals surface area contributed by atoms with Crippen LogP contribution in [0.15, 0.2) is 78.9 Å². The zero-order valence-corrected chi connectivity index (χ0v) is 18.7. The number of halogens is 1. The standard InChI is InChI=1S/C26H26ClNO4/c1-31-26(30)23(17-20-10-6-3-7-11-20)28-25(29)18-21-12-13-24(22(27)16-21)32-15-14-19-8-4-2-5-9-19/h2-13,16,23H,14-15,17-18H2,1H3,(H,28,29)/t23-/m0/s1. The van der Waals surface area contributed by atoms with E-state index in [4.69, 9.17) is 21.1 Å². The average molecular weight is 452 g/mol. The van der Waals surface area contributed by atoms with Crippen molar-refractivity contribution in [3.05, 3.63) is 101 Å². The van der Waals surface area contributed by atoms with Crippen molar-refractivity contribution >= 4 is 23.5 Å². The predicted octanol–water partition coefficient (Wildman–Crippen LogP) is 4.40. The Morgan fingerprint density at radius 2 is 1.56 bits per heavy atom. The van der Waals surface area contributed by atoms with Crippen LogP contribution in [0.3, 0.4) is 0 Å². The van der Waals surface area contributed by atoms with Gasteiger partial charge in [-0.25, -0.2) is 4.79 Å². The SMILES string of the molecule is COC(=O)[C@H](Cc1ccccc1)NC(=O)Cc1ccc(OCCc2ccccc2)c(Cl)c1. The molecule has 0 fully saturated rings. The van der Waals surface area contributed by atoms with E-state index in [9.17, 15) is 9.59 Å². The Morgan fingerprint density at radius 3 is 2.19 bits per heavy atom. The van der Waals surface area contributed by atoms with Gasteiger partial charge >= 0.3 is 5.97 Å². The molecule has 0 spiro atoms. The maximum atomic E-state index is 12.6. The summed E-state index contributed by atoms with van der Waals surface area (Å²) in [4.78, 5) is 24.7. The fourth-order valence-corrected chi connectivity index (χ4v) is 3.57. The Bertz CT molecular complexity index is 1020. The van der Waals surface area contributed by atoms with E-state index in [0.717, 1.165) is 17.5 Å². The Labute approximate surface area is 193 Å². The first-order valence-corrected chi connectivity index (χ1v) is 10.8. The largest absolute Gasteiger partial charge is 0.492 e. The van der Waals surface area contributed by atoms with Crippen molar-refractivity contribution in [3.8, 4) is 5.75 Å². The molecule has 0 saturated heterocycles. The second-order valence-corrected chi connectivity index (χ2v) is 7.77. The van der Waals surface area contributed by atoms with Gasteiger partial charge in [0.1, 0.15) is 11.8 Å². The van der Waals surface area contributed by atoms with Gasteiger partial charge in [0.05, 0.1) is 25.2 Å². The lowest BCUT2D eigenvalue weighted by Gasteiger charge is -2.17. The smallest absolute Gasteiger partial charge is 0.328 e. The first-order chi connectivity index (χ1) is 15.5. The van der Waals surface area contributed by atoms with Crippen LogP contribution in [0.5, 0.6) is 5.75 Å². The van der Waals surface area contributed by atoms with Crippen molar-refractivity contribution in [1.29, 1.82) is 0 Å². The number of nitrogens with one attached hydrogen (secondary N) is 1. The molecule has 0 aliphatic rings. The third-order valence-corrected chi connectivity index (χ3v) is 5.25. The summed E-state index contributed by atoms with van der Waals surface area (Å²) in [5.74, 6) is -0.198. The first kappa shape index (κ1) is 23.4. The predicted molar refractivity (Wildman–Crippen MR) is 125 cm³/mol. The van der Waals surface area contributed by atoms with Gasteiger partial charge in [-0.15, -0.1) is 0 Å². The summed E-state index contributed by atoms with van der Waals surface area (Å²) in [6.07, 6.45) is 1.22. The Balaban J connectivity index is 1.55. The van der Waals surface area contributed by atoms with Gasteiger partial charge in [0.15, 0.2) is 0 Å². The number of carbonyl (C=O) groups excluding carboxylic acids is 2. The lowest BCUT2D eigenvalue weighted by molar-refractivity contribution is -0.145. The average Bonchev–Trinajstić information content (AvgIpc) is 2.81. The number of benzene rings is 3. The van der Waals surface area contributed by atoms with Gasteiger partial charge in [0, 0.05) is 12.8 Å². The van der Waals surface area contributed by atoms with Crippen LogP contribution >= 0.6 is 11.6 Å². The van der Waals surface area contributed by atoms with E-state index in [1.165, 1.54) is 12.7 Å². The van der Waals surface area contributed by atoms with Crippen LogP contribution in [0, 0.1) is 0 Å². The summed E-state index contributed by atoms with van der Waals surface area (Å²) in [7, 11) is 1.31. The Hall–Kier alpha value is -3.31. The number of amides is 1. The molecule has 0 aliphatic heterocycles. The summed E-state index contributed by atoms with van der Waals surface area (Å²) in [6, 6.07) is 24.0. The molecule has 6 heteroatoms. The van der Waals surface area contributed by atoms with Crippen LogP contribution < -0.4 is 10.1 Å². The number of hydrogen-bond acceptors (Lipinski definition) is 4. The van der Waals surface area contributed by atoms with Gasteiger partial charge in [0.2, 0.25) is 5.91 Å². The highest BCUT2D eigenvalue weighted by Gasteiger charge is 2.22. The van der Waals surface area contributed by atoms with Crippen molar-refractivity contribution in [2.45, 2.75) is 25.3 Å². The van der Waals surface area contributed by atoms with Gasteiger partial charge < -0.3 is 14.8 Å². The molecule has 0 bridgehead atoms. The Morgan fingerprint density at radius 1 is 0.906 bits per heavy atom. The number of carbonyl (C=O) groups is 2. The molecule has 3 rings (SSSR count). The fourth-order valence-electron chi connectivity index (χ4n) is 3.31. The van der Waals surface area contributed by atoms with Crippen LogP contribution in [0.2, 0.25) is 5.02 Å². The second-order valence-electron chi connectivity index (χ2n) is 7.36. The van der Waals surface area contributed by atoms with Crippen LogP contribution in [-0.4, -0.2) is 31.6 Å². The number of methoxy groups -OCH3 is 1. The summed E-state index contributed by atoms with van der Waals surface area (Å²) >= 11 is 6.35. The van der Waals surface area contributed by atoms with Crippen molar-refractivity contribution in [3.63, 3.8) is 0 Å². The van der Waals surface area contributed by atoms with E-state index >= 15 is 0 Å². The highest BCUT2D eigenvalue weighted by molar-refractivity contribution is 6.32. The highest BCUT2D eigenvalue weighted by atomic mass is 35.5. The molecular formula is C26H26ClNO4. The van der Waals surface area contributed by atoms with E-state index in [0.29, 0.717) is 23.8 Å². The number of hydrogen-bond donors (Lipinski definition) is 1. The molecule has 0 aromatic heterocycles. The zero-order valence-electron chi connectivity index (χ0n) is 17.9. The van der Waals surface area contributed by atoms with Gasteiger partial charge in [-0.1, -0.05) is 78.3 Å². The summed E-state index contributed by atoms with van der Waals surface area (Å²) < 4.78 is 10.6. The van der Waals surface area contributed by atoms with Gasteiger partial charge in [-0.2, -0.15) is 0 Å². The molecular weight excluding hydrogens is 426 g/mol. The summed E-state index contributed by atoms with van der Waals surface area (Å²) in [6.45, 7) is 0.504. The van der Waals surface area contributed by atoms with Crippen molar-refractivity contribution < 1.29 is 19.1 Å². The minimum Gasteiger partial charge on any atom is -0.492 e. The van der Waals surface area contributed by atoms with E-state index in [1.807, 2.05) is 60.7 Å². The maximum Gasteiger partial charge on any atom is 0.328 e. The third kappa shape index (κ3) is 7.13. The van der Waals surface area contributed by atoms with Gasteiger partial charge in [0.25, 0.3) is 0 Å². The van der Waals surface area contributed by atoms with E-state index in [2.05, 4.69) is 5.32 Å². The lowest BCUT2D eigenvalue weighted by Crippen LogP contribution is -2.43. The minimum atomic E-state index is -0.758. The number of ether oxygens (including phenoxy) is 2. The van der Waals surface area contributed by atoms with Crippen molar-refractivity contribution in [2.24, 2.45) is 0 Å². The lowest BCUT2D eigenvalue weighted by atomic mass is 10.1.